The molecule has 1 rings (SSSR count). The van der Waals surface area contributed by atoms with Crippen LogP contribution < -0.4 is 21.3 Å². The molecule has 0 saturated carbocycles. The average molecular weight is 459 g/mol. The van der Waals surface area contributed by atoms with E-state index in [0.29, 0.717) is 18.6 Å². The zero-order valence-electron chi connectivity index (χ0n) is 19.2. The topological polar surface area (TPSA) is 137 Å². The lowest BCUT2D eigenvalue weighted by atomic mass is 9.97. The Labute approximate surface area is 189 Å². The Kier molecular flexibility index (Phi) is 11.9. The predicted molar refractivity (Wildman–Crippen MR) is 122 cm³/mol. The second kappa shape index (κ2) is 13.6. The van der Waals surface area contributed by atoms with Crippen molar-refractivity contribution in [2.24, 2.45) is 11.8 Å². The van der Waals surface area contributed by atoms with Crippen molar-refractivity contribution < 1.29 is 24.3 Å². The Morgan fingerprint density at radius 3 is 2.23 bits per heavy atom. The molecule has 0 aromatic heterocycles. The van der Waals surface area contributed by atoms with E-state index in [1.54, 1.807) is 13.8 Å². The van der Waals surface area contributed by atoms with E-state index in [0.717, 1.165) is 19.4 Å². The van der Waals surface area contributed by atoms with Crippen molar-refractivity contribution in [1.29, 1.82) is 0 Å². The van der Waals surface area contributed by atoms with Gasteiger partial charge >= 0.3 is 5.97 Å². The van der Waals surface area contributed by atoms with E-state index in [-0.39, 0.29) is 23.8 Å². The summed E-state index contributed by atoms with van der Waals surface area (Å²) in [7, 11) is 0. The molecular formula is C21H38N4O5S. The van der Waals surface area contributed by atoms with Gasteiger partial charge in [0.15, 0.2) is 0 Å². The maximum atomic E-state index is 13.1. The van der Waals surface area contributed by atoms with E-state index >= 15 is 0 Å². The van der Waals surface area contributed by atoms with Crippen LogP contribution in [0, 0.1) is 11.8 Å². The van der Waals surface area contributed by atoms with Crippen LogP contribution in [-0.2, 0) is 19.2 Å². The van der Waals surface area contributed by atoms with Gasteiger partial charge in [-0.15, -0.1) is 0 Å². The predicted octanol–water partition coefficient (Wildman–Crippen LogP) is 0.733. The van der Waals surface area contributed by atoms with Gasteiger partial charge in [0.2, 0.25) is 17.7 Å². The molecule has 1 fully saturated rings. The molecule has 0 spiro atoms. The first-order valence-corrected chi connectivity index (χ1v) is 12.4. The van der Waals surface area contributed by atoms with E-state index in [2.05, 4.69) is 21.3 Å². The second-order valence-corrected chi connectivity index (χ2v) is 9.42. The zero-order valence-corrected chi connectivity index (χ0v) is 20.0. The molecule has 0 aliphatic carbocycles. The van der Waals surface area contributed by atoms with Crippen LogP contribution in [0.4, 0.5) is 0 Å². The smallest absolute Gasteiger partial charge is 0.326 e. The maximum Gasteiger partial charge on any atom is 0.326 e. The molecule has 1 heterocycles. The van der Waals surface area contributed by atoms with Crippen LogP contribution in [-0.4, -0.2) is 71.5 Å². The fourth-order valence-electron chi connectivity index (χ4n) is 3.40. The SMILES string of the molecule is CCC(C)C(NC(=O)C1CCCN1)C(=O)NC(CCSC)C(=O)NC(C(=O)O)C(C)C. The minimum Gasteiger partial charge on any atom is -0.480 e. The van der Waals surface area contributed by atoms with Crippen LogP contribution in [0.1, 0.15) is 53.4 Å². The Morgan fingerprint density at radius 2 is 1.74 bits per heavy atom. The first kappa shape index (κ1) is 27.2. The number of hydrogen-bond acceptors (Lipinski definition) is 6. The Bertz CT molecular complexity index is 625. The van der Waals surface area contributed by atoms with Crippen molar-refractivity contribution in [3.8, 4) is 0 Å². The van der Waals surface area contributed by atoms with E-state index in [1.807, 2.05) is 20.1 Å². The minimum absolute atomic E-state index is 0.128. The lowest BCUT2D eigenvalue weighted by molar-refractivity contribution is -0.143. The minimum atomic E-state index is -1.12. The van der Waals surface area contributed by atoms with Crippen molar-refractivity contribution in [1.82, 2.24) is 21.3 Å². The van der Waals surface area contributed by atoms with Crippen molar-refractivity contribution in [2.75, 3.05) is 18.6 Å². The van der Waals surface area contributed by atoms with Gasteiger partial charge in [0, 0.05) is 0 Å². The van der Waals surface area contributed by atoms with E-state index in [9.17, 15) is 24.3 Å². The van der Waals surface area contributed by atoms with Crippen LogP contribution in [0.5, 0.6) is 0 Å². The van der Waals surface area contributed by atoms with Crippen LogP contribution in [0.3, 0.4) is 0 Å². The molecule has 9 nitrogen and oxygen atoms in total. The lowest BCUT2D eigenvalue weighted by Gasteiger charge is -2.28. The molecule has 0 radical (unpaired) electrons. The second-order valence-electron chi connectivity index (χ2n) is 8.43. The molecule has 0 aromatic carbocycles. The van der Waals surface area contributed by atoms with E-state index < -0.39 is 35.9 Å². The number of carbonyl (C=O) groups is 4. The summed E-state index contributed by atoms with van der Waals surface area (Å²) in [4.78, 5) is 49.9. The largest absolute Gasteiger partial charge is 0.480 e. The number of thioether (sulfide) groups is 1. The summed E-state index contributed by atoms with van der Waals surface area (Å²) >= 11 is 1.53. The number of aliphatic carboxylic acids is 1. The summed E-state index contributed by atoms with van der Waals surface area (Å²) in [6.45, 7) is 8.00. The summed E-state index contributed by atoms with van der Waals surface area (Å²) in [6.07, 6.45) is 4.56. The maximum absolute atomic E-state index is 13.1. The van der Waals surface area contributed by atoms with Crippen LogP contribution in [0.2, 0.25) is 0 Å². The Balaban J connectivity index is 2.92. The number of nitrogens with one attached hydrogen (secondary N) is 4. The molecule has 1 aliphatic rings. The highest BCUT2D eigenvalue weighted by molar-refractivity contribution is 7.98. The van der Waals surface area contributed by atoms with Crippen LogP contribution in [0.25, 0.3) is 0 Å². The van der Waals surface area contributed by atoms with Crippen LogP contribution >= 0.6 is 11.8 Å². The molecule has 5 N–H and O–H groups in total. The Hall–Kier alpha value is -1.81. The molecule has 0 aromatic rings. The van der Waals surface area contributed by atoms with Gasteiger partial charge in [-0.2, -0.15) is 11.8 Å². The molecule has 178 valence electrons. The summed E-state index contributed by atoms with van der Waals surface area (Å²) in [5.74, 6) is -2.11. The number of hydrogen-bond donors (Lipinski definition) is 5. The lowest BCUT2D eigenvalue weighted by Crippen LogP contribution is -2.59. The van der Waals surface area contributed by atoms with Gasteiger partial charge in [-0.25, -0.2) is 4.79 Å². The third-order valence-corrected chi connectivity index (χ3v) is 6.29. The van der Waals surface area contributed by atoms with Gasteiger partial charge < -0.3 is 26.4 Å². The standard InChI is InChI=1S/C21H38N4O5S/c1-6-13(4)17(25-18(26)14-8-7-10-22-14)20(28)23-15(9-11-31-5)19(27)24-16(12(2)3)21(29)30/h12-17,22H,6-11H2,1-5H3,(H,23,28)(H,24,27)(H,25,26)(H,29,30). The number of carboxylic acids is 1. The number of rotatable bonds is 13. The van der Waals surface area contributed by atoms with Crippen molar-refractivity contribution >= 4 is 35.5 Å². The fraction of sp³-hybridized carbons (Fsp3) is 0.810. The fourth-order valence-corrected chi connectivity index (χ4v) is 3.87. The van der Waals surface area contributed by atoms with Gasteiger partial charge in [0.05, 0.1) is 6.04 Å². The highest BCUT2D eigenvalue weighted by Crippen LogP contribution is 2.12. The van der Waals surface area contributed by atoms with Gasteiger partial charge in [-0.05, 0) is 49.7 Å². The number of amides is 3. The van der Waals surface area contributed by atoms with E-state index in [1.165, 1.54) is 11.8 Å². The highest BCUT2D eigenvalue weighted by Gasteiger charge is 2.33. The van der Waals surface area contributed by atoms with E-state index in [4.69, 9.17) is 0 Å². The van der Waals surface area contributed by atoms with Crippen molar-refractivity contribution in [3.63, 3.8) is 0 Å². The van der Waals surface area contributed by atoms with Gasteiger partial charge in [-0.3, -0.25) is 14.4 Å². The number of carboxylic acid groups (broad SMARTS) is 1. The first-order chi connectivity index (χ1) is 14.6. The van der Waals surface area contributed by atoms with Gasteiger partial charge in [0.1, 0.15) is 18.1 Å². The van der Waals surface area contributed by atoms with Crippen molar-refractivity contribution in [3.05, 3.63) is 0 Å². The van der Waals surface area contributed by atoms with Crippen molar-refractivity contribution in [2.45, 2.75) is 77.5 Å². The van der Waals surface area contributed by atoms with Gasteiger partial charge in [0.25, 0.3) is 0 Å². The highest BCUT2D eigenvalue weighted by atomic mass is 32.2. The molecule has 5 unspecified atom stereocenters. The molecule has 1 aliphatic heterocycles. The third kappa shape index (κ3) is 8.68. The zero-order chi connectivity index (χ0) is 23.6. The normalized spacial score (nSPS) is 19.9. The summed E-state index contributed by atoms with van der Waals surface area (Å²) in [5.41, 5.74) is 0. The average Bonchev–Trinajstić information content (AvgIpc) is 3.26. The molecular weight excluding hydrogens is 420 g/mol. The number of carbonyl (C=O) groups excluding carboxylic acids is 3. The molecule has 5 atom stereocenters. The van der Waals surface area contributed by atoms with Gasteiger partial charge in [-0.1, -0.05) is 34.1 Å². The molecule has 0 bridgehead atoms. The monoisotopic (exact) mass is 458 g/mol. The third-order valence-electron chi connectivity index (χ3n) is 5.64. The Morgan fingerprint density at radius 1 is 1.06 bits per heavy atom. The molecule has 3 amide bonds. The summed E-state index contributed by atoms with van der Waals surface area (Å²) in [6, 6.07) is -3.00. The molecule has 10 heteroatoms. The van der Waals surface area contributed by atoms with Crippen LogP contribution in [0.15, 0.2) is 0 Å². The first-order valence-electron chi connectivity index (χ1n) is 11.0. The quantitative estimate of drug-likeness (QED) is 0.274. The molecule has 31 heavy (non-hydrogen) atoms. The summed E-state index contributed by atoms with van der Waals surface area (Å²) in [5, 5.41) is 20.6. The summed E-state index contributed by atoms with van der Waals surface area (Å²) < 4.78 is 0. The molecule has 1 saturated heterocycles.